The molecule has 3 N–H and O–H groups in total. The molecule has 5 nitrogen and oxygen atoms in total. The summed E-state index contributed by atoms with van der Waals surface area (Å²) in [5.74, 6) is 0.00515. The number of hydrogen-bond acceptors (Lipinski definition) is 3. The molecule has 0 radical (unpaired) electrons. The Morgan fingerprint density at radius 1 is 1.00 bits per heavy atom. The maximum absolute atomic E-state index is 12.4. The second-order valence-electron chi connectivity index (χ2n) is 5.98. The van der Waals surface area contributed by atoms with Crippen molar-refractivity contribution in [3.63, 3.8) is 0 Å². The molecule has 0 aliphatic rings. The molecule has 1 aromatic heterocycles. The molecule has 0 bridgehead atoms. The predicted molar refractivity (Wildman–Crippen MR) is 104 cm³/mol. The lowest BCUT2D eigenvalue weighted by atomic mass is 10.1. The molecule has 2 aromatic carbocycles. The molecule has 3 rings (SSSR count). The van der Waals surface area contributed by atoms with E-state index in [9.17, 15) is 4.79 Å². The molecule has 0 fully saturated rings. The summed E-state index contributed by atoms with van der Waals surface area (Å²) in [6.07, 6.45) is 0. The van der Waals surface area contributed by atoms with Gasteiger partial charge in [-0.15, -0.1) is 0 Å². The summed E-state index contributed by atoms with van der Waals surface area (Å²) in [6.45, 7) is 4.08. The Balaban J connectivity index is 1.68. The van der Waals surface area contributed by atoms with Gasteiger partial charge >= 0.3 is 0 Å². The maximum Gasteiger partial charge on any atom is 0.277 e. The van der Waals surface area contributed by atoms with Crippen molar-refractivity contribution < 1.29 is 4.79 Å². The summed E-state index contributed by atoms with van der Waals surface area (Å²) in [5.41, 5.74) is 3.94. The zero-order chi connectivity index (χ0) is 17.8. The number of nitrogens with one attached hydrogen (secondary N) is 3. The smallest absolute Gasteiger partial charge is 0.277 e. The first-order valence-corrected chi connectivity index (χ1v) is 8.81. The lowest BCUT2D eigenvalue weighted by Gasteiger charge is -2.08. The zero-order valence-electron chi connectivity index (χ0n) is 14.0. The number of carbonyl (C=O) groups is 1. The second-order valence-corrected chi connectivity index (χ2v) is 6.77. The van der Waals surface area contributed by atoms with Crippen molar-refractivity contribution in [2.75, 3.05) is 10.6 Å². The number of hydrogen-bond donors (Lipinski definition) is 3. The second kappa shape index (κ2) is 7.53. The highest BCUT2D eigenvalue weighted by molar-refractivity contribution is 9.10. The summed E-state index contributed by atoms with van der Waals surface area (Å²) in [7, 11) is 0. The van der Waals surface area contributed by atoms with Crippen LogP contribution in [0, 0.1) is 0 Å². The SMILES string of the molecule is CC(C)c1[nH]nc(C(=O)Nc2ccc(Nc3ccccc3)cc2)c1Br. The third-order valence-corrected chi connectivity index (χ3v) is 4.53. The Labute approximate surface area is 155 Å². The summed E-state index contributed by atoms with van der Waals surface area (Å²) >= 11 is 3.45. The van der Waals surface area contributed by atoms with Gasteiger partial charge in [-0.3, -0.25) is 9.89 Å². The van der Waals surface area contributed by atoms with Crippen LogP contribution in [0.2, 0.25) is 0 Å². The lowest BCUT2D eigenvalue weighted by Crippen LogP contribution is -2.13. The standard InChI is InChI=1S/C19H19BrN4O/c1-12(2)17-16(20)18(24-23-17)19(25)22-15-10-8-14(9-11-15)21-13-6-4-3-5-7-13/h3-12,21H,1-2H3,(H,22,25)(H,23,24). The van der Waals surface area contributed by atoms with Crippen molar-refractivity contribution >= 4 is 38.9 Å². The first-order chi connectivity index (χ1) is 12.0. The monoisotopic (exact) mass is 398 g/mol. The molecular formula is C19H19BrN4O. The number of benzene rings is 2. The van der Waals surface area contributed by atoms with Gasteiger partial charge in [0.2, 0.25) is 0 Å². The average Bonchev–Trinajstić information content (AvgIpc) is 2.99. The largest absolute Gasteiger partial charge is 0.356 e. The van der Waals surface area contributed by atoms with E-state index in [1.807, 2.05) is 68.4 Å². The molecule has 0 spiro atoms. The van der Waals surface area contributed by atoms with Crippen LogP contribution in [-0.2, 0) is 0 Å². The van der Waals surface area contributed by atoms with Gasteiger partial charge in [-0.05, 0) is 58.2 Å². The first kappa shape index (κ1) is 17.2. The fourth-order valence-electron chi connectivity index (χ4n) is 2.39. The minimum absolute atomic E-state index is 0.251. The van der Waals surface area contributed by atoms with Gasteiger partial charge in [-0.1, -0.05) is 32.0 Å². The van der Waals surface area contributed by atoms with Gasteiger partial charge in [0.05, 0.1) is 10.2 Å². The Morgan fingerprint density at radius 3 is 2.20 bits per heavy atom. The number of aromatic nitrogens is 2. The van der Waals surface area contributed by atoms with Crippen molar-refractivity contribution in [2.24, 2.45) is 0 Å². The molecule has 3 aromatic rings. The Morgan fingerprint density at radius 2 is 1.60 bits per heavy atom. The van der Waals surface area contributed by atoms with E-state index >= 15 is 0 Å². The highest BCUT2D eigenvalue weighted by Crippen LogP contribution is 2.26. The average molecular weight is 399 g/mol. The Hall–Kier alpha value is -2.60. The fourth-order valence-corrected chi connectivity index (χ4v) is 3.21. The molecule has 0 aliphatic carbocycles. The van der Waals surface area contributed by atoms with E-state index in [2.05, 4.69) is 36.8 Å². The van der Waals surface area contributed by atoms with Crippen LogP contribution in [0.5, 0.6) is 0 Å². The number of H-pyrrole nitrogens is 1. The topological polar surface area (TPSA) is 69.8 Å². The van der Waals surface area contributed by atoms with E-state index in [-0.39, 0.29) is 11.8 Å². The number of rotatable bonds is 5. The lowest BCUT2D eigenvalue weighted by molar-refractivity contribution is 0.102. The normalized spacial score (nSPS) is 10.7. The fraction of sp³-hybridized carbons (Fsp3) is 0.158. The molecule has 128 valence electrons. The maximum atomic E-state index is 12.4. The summed E-state index contributed by atoms with van der Waals surface area (Å²) < 4.78 is 0.711. The summed E-state index contributed by atoms with van der Waals surface area (Å²) in [4.78, 5) is 12.4. The number of halogens is 1. The molecule has 0 unspecified atom stereocenters. The molecule has 1 heterocycles. The van der Waals surface area contributed by atoms with Crippen LogP contribution in [0.25, 0.3) is 0 Å². The van der Waals surface area contributed by atoms with Crippen LogP contribution in [0.3, 0.4) is 0 Å². The number of amides is 1. The molecule has 1 amide bonds. The van der Waals surface area contributed by atoms with Crippen molar-refractivity contribution in [2.45, 2.75) is 19.8 Å². The van der Waals surface area contributed by atoms with E-state index in [1.54, 1.807) is 0 Å². The number of aromatic amines is 1. The van der Waals surface area contributed by atoms with Gasteiger partial charge in [0, 0.05) is 17.1 Å². The Bertz CT molecular complexity index is 857. The predicted octanol–water partition coefficient (Wildman–Crippen LogP) is 5.29. The molecule has 0 saturated heterocycles. The van der Waals surface area contributed by atoms with Crippen LogP contribution in [0.15, 0.2) is 59.1 Å². The number of para-hydroxylation sites is 1. The van der Waals surface area contributed by atoms with Crippen molar-refractivity contribution in [3.8, 4) is 0 Å². The quantitative estimate of drug-likeness (QED) is 0.546. The molecular weight excluding hydrogens is 380 g/mol. The minimum Gasteiger partial charge on any atom is -0.356 e. The van der Waals surface area contributed by atoms with Crippen molar-refractivity contribution in [1.82, 2.24) is 10.2 Å². The number of carbonyl (C=O) groups excluding carboxylic acids is 1. The summed E-state index contributed by atoms with van der Waals surface area (Å²) in [6, 6.07) is 17.5. The molecule has 0 saturated carbocycles. The molecule has 0 aliphatic heterocycles. The number of nitrogens with zero attached hydrogens (tertiary/aromatic N) is 1. The van der Waals surface area contributed by atoms with Crippen LogP contribution < -0.4 is 10.6 Å². The third kappa shape index (κ3) is 4.09. The molecule has 25 heavy (non-hydrogen) atoms. The van der Waals surface area contributed by atoms with Crippen LogP contribution in [0.1, 0.15) is 35.9 Å². The van der Waals surface area contributed by atoms with E-state index < -0.39 is 0 Å². The molecule has 6 heteroatoms. The number of anilines is 3. The van der Waals surface area contributed by atoms with E-state index in [0.717, 1.165) is 17.1 Å². The van der Waals surface area contributed by atoms with Gasteiger partial charge in [0.15, 0.2) is 5.69 Å². The van der Waals surface area contributed by atoms with Gasteiger partial charge in [0.25, 0.3) is 5.91 Å². The van der Waals surface area contributed by atoms with E-state index in [1.165, 1.54) is 0 Å². The van der Waals surface area contributed by atoms with Gasteiger partial charge in [0.1, 0.15) is 0 Å². The highest BCUT2D eigenvalue weighted by Gasteiger charge is 2.19. The van der Waals surface area contributed by atoms with Gasteiger partial charge in [-0.25, -0.2) is 0 Å². The van der Waals surface area contributed by atoms with Crippen molar-refractivity contribution in [1.29, 1.82) is 0 Å². The molecule has 0 atom stereocenters. The van der Waals surface area contributed by atoms with Gasteiger partial charge in [-0.2, -0.15) is 5.10 Å². The summed E-state index contributed by atoms with van der Waals surface area (Å²) in [5, 5.41) is 13.2. The van der Waals surface area contributed by atoms with Crippen LogP contribution in [0.4, 0.5) is 17.1 Å². The van der Waals surface area contributed by atoms with Crippen LogP contribution in [-0.4, -0.2) is 16.1 Å². The van der Waals surface area contributed by atoms with E-state index in [0.29, 0.717) is 15.9 Å². The minimum atomic E-state index is -0.251. The zero-order valence-corrected chi connectivity index (χ0v) is 15.6. The van der Waals surface area contributed by atoms with Gasteiger partial charge < -0.3 is 10.6 Å². The Kier molecular flexibility index (Phi) is 5.19. The van der Waals surface area contributed by atoms with Crippen LogP contribution >= 0.6 is 15.9 Å². The third-order valence-electron chi connectivity index (χ3n) is 3.73. The van der Waals surface area contributed by atoms with E-state index in [4.69, 9.17) is 0 Å². The first-order valence-electron chi connectivity index (χ1n) is 8.02. The highest BCUT2D eigenvalue weighted by atomic mass is 79.9. The van der Waals surface area contributed by atoms with Crippen molar-refractivity contribution in [3.05, 3.63) is 70.5 Å².